The molecule has 0 aliphatic rings. The molecule has 116 valence electrons. The molecule has 0 spiro atoms. The van der Waals surface area contributed by atoms with E-state index in [1.807, 2.05) is 0 Å². The van der Waals surface area contributed by atoms with Gasteiger partial charge in [0, 0.05) is 12.3 Å². The fourth-order valence-electron chi connectivity index (χ4n) is 2.06. The molecule has 3 aromatic rings. The molecular formula is C15H9F2N3O3. The lowest BCUT2D eigenvalue weighted by atomic mass is 10.2. The summed E-state index contributed by atoms with van der Waals surface area (Å²) in [5.41, 5.74) is -0.163. The van der Waals surface area contributed by atoms with Crippen molar-refractivity contribution in [3.8, 4) is 0 Å². The van der Waals surface area contributed by atoms with Crippen LogP contribution in [-0.2, 0) is 0 Å². The molecule has 0 aliphatic heterocycles. The molecule has 1 aromatic carbocycles. The fraction of sp³-hybridized carbons (Fsp3) is 0. The van der Waals surface area contributed by atoms with Crippen molar-refractivity contribution in [1.82, 2.24) is 9.38 Å². The number of aromatic carboxylic acids is 1. The largest absolute Gasteiger partial charge is 0.478 e. The van der Waals surface area contributed by atoms with E-state index in [1.54, 1.807) is 0 Å². The number of anilines is 1. The van der Waals surface area contributed by atoms with Crippen LogP contribution in [0.25, 0.3) is 5.65 Å². The minimum atomic E-state index is -1.24. The van der Waals surface area contributed by atoms with Crippen LogP contribution >= 0.6 is 0 Å². The third kappa shape index (κ3) is 2.73. The van der Waals surface area contributed by atoms with Gasteiger partial charge >= 0.3 is 5.97 Å². The number of pyridine rings is 1. The smallest absolute Gasteiger partial charge is 0.335 e. The van der Waals surface area contributed by atoms with Gasteiger partial charge in [0.25, 0.3) is 5.91 Å². The number of carbonyl (C=O) groups is 2. The van der Waals surface area contributed by atoms with Crippen LogP contribution in [-0.4, -0.2) is 26.4 Å². The zero-order valence-electron chi connectivity index (χ0n) is 11.5. The van der Waals surface area contributed by atoms with Gasteiger partial charge in [-0.3, -0.25) is 9.20 Å². The lowest BCUT2D eigenvalue weighted by Gasteiger charge is -2.07. The molecule has 0 atom stereocenters. The zero-order valence-corrected chi connectivity index (χ0v) is 11.5. The van der Waals surface area contributed by atoms with Gasteiger partial charge < -0.3 is 10.4 Å². The van der Waals surface area contributed by atoms with Gasteiger partial charge in [-0.05, 0) is 24.3 Å². The van der Waals surface area contributed by atoms with E-state index >= 15 is 0 Å². The Morgan fingerprint density at radius 1 is 1.17 bits per heavy atom. The second kappa shape index (κ2) is 5.48. The van der Waals surface area contributed by atoms with Crippen LogP contribution in [0.1, 0.15) is 20.8 Å². The summed E-state index contributed by atoms with van der Waals surface area (Å²) in [5.74, 6) is -3.23. The van der Waals surface area contributed by atoms with Gasteiger partial charge in [-0.2, -0.15) is 0 Å². The first-order valence-electron chi connectivity index (χ1n) is 6.42. The van der Waals surface area contributed by atoms with Crippen molar-refractivity contribution >= 4 is 23.2 Å². The van der Waals surface area contributed by atoms with Crippen LogP contribution < -0.4 is 5.32 Å². The highest BCUT2D eigenvalue weighted by atomic mass is 19.1. The summed E-state index contributed by atoms with van der Waals surface area (Å²) in [5, 5.41) is 11.2. The number of hydrogen-bond acceptors (Lipinski definition) is 3. The molecule has 2 heterocycles. The third-order valence-electron chi connectivity index (χ3n) is 3.17. The highest BCUT2D eigenvalue weighted by Crippen LogP contribution is 2.18. The van der Waals surface area contributed by atoms with Crippen LogP contribution in [0, 0.1) is 11.6 Å². The topological polar surface area (TPSA) is 83.7 Å². The number of benzene rings is 1. The Morgan fingerprint density at radius 2 is 1.96 bits per heavy atom. The first kappa shape index (κ1) is 14.6. The number of imidazole rings is 1. The van der Waals surface area contributed by atoms with Crippen molar-refractivity contribution < 1.29 is 23.5 Å². The van der Waals surface area contributed by atoms with Gasteiger partial charge in [0.1, 0.15) is 23.0 Å². The summed E-state index contributed by atoms with van der Waals surface area (Å²) < 4.78 is 28.2. The van der Waals surface area contributed by atoms with Gasteiger partial charge in [-0.1, -0.05) is 0 Å². The van der Waals surface area contributed by atoms with Crippen molar-refractivity contribution in [2.24, 2.45) is 0 Å². The molecule has 1 amide bonds. The predicted molar refractivity (Wildman–Crippen MR) is 76.5 cm³/mol. The lowest BCUT2D eigenvalue weighted by molar-refractivity contribution is 0.0696. The Labute approximate surface area is 128 Å². The van der Waals surface area contributed by atoms with Crippen molar-refractivity contribution in [3.63, 3.8) is 0 Å². The monoisotopic (exact) mass is 317 g/mol. The van der Waals surface area contributed by atoms with Crippen LogP contribution in [0.3, 0.4) is 0 Å². The van der Waals surface area contributed by atoms with E-state index in [4.69, 9.17) is 5.11 Å². The van der Waals surface area contributed by atoms with Crippen molar-refractivity contribution in [1.29, 1.82) is 0 Å². The maximum Gasteiger partial charge on any atom is 0.335 e. The second-order valence-corrected chi connectivity index (χ2v) is 4.67. The summed E-state index contributed by atoms with van der Waals surface area (Å²) in [7, 11) is 0. The summed E-state index contributed by atoms with van der Waals surface area (Å²) >= 11 is 0. The molecule has 0 fully saturated rings. The Bertz CT molecular complexity index is 937. The molecule has 0 unspecified atom stereocenters. The molecule has 23 heavy (non-hydrogen) atoms. The summed E-state index contributed by atoms with van der Waals surface area (Å²) in [6, 6.07) is 5.34. The van der Waals surface area contributed by atoms with Crippen LogP contribution in [0.15, 0.2) is 42.7 Å². The van der Waals surface area contributed by atoms with Crippen LogP contribution in [0.5, 0.6) is 0 Å². The first-order chi connectivity index (χ1) is 11.0. The normalized spacial score (nSPS) is 10.7. The van der Waals surface area contributed by atoms with Gasteiger partial charge in [-0.25, -0.2) is 18.6 Å². The Kier molecular flexibility index (Phi) is 3.49. The highest BCUT2D eigenvalue weighted by molar-refractivity contribution is 6.04. The Hall–Kier alpha value is -3.29. The van der Waals surface area contributed by atoms with E-state index in [2.05, 4.69) is 10.3 Å². The number of hydrogen-bond donors (Lipinski definition) is 2. The number of nitrogens with one attached hydrogen (secondary N) is 1. The summed E-state index contributed by atoms with van der Waals surface area (Å²) in [6.07, 6.45) is 2.53. The number of nitrogens with zero attached hydrogens (tertiary/aromatic N) is 2. The molecule has 6 nitrogen and oxygen atoms in total. The van der Waals surface area contributed by atoms with Gasteiger partial charge in [-0.15, -0.1) is 0 Å². The quantitative estimate of drug-likeness (QED) is 0.777. The van der Waals surface area contributed by atoms with Gasteiger partial charge in [0.15, 0.2) is 0 Å². The molecule has 3 rings (SSSR count). The number of carboxylic acid groups (broad SMARTS) is 1. The average molecular weight is 317 g/mol. The van der Waals surface area contributed by atoms with Crippen molar-refractivity contribution in [2.75, 3.05) is 5.32 Å². The first-order valence-corrected chi connectivity index (χ1v) is 6.42. The highest BCUT2D eigenvalue weighted by Gasteiger charge is 2.16. The molecule has 2 aromatic heterocycles. The van der Waals surface area contributed by atoms with Gasteiger partial charge in [0.2, 0.25) is 0 Å². The molecule has 0 saturated carbocycles. The van der Waals surface area contributed by atoms with E-state index in [0.29, 0.717) is 0 Å². The number of fused-ring (bicyclic) bond motifs is 1. The number of halogens is 2. The standard InChI is InChI=1S/C15H9F2N3O3/c16-9-3-4-20-12(7-18-13(20)6-9)14(21)19-11-5-8(15(22)23)1-2-10(11)17/h1-7H,(H,19,21)(H,22,23). The van der Waals surface area contributed by atoms with Crippen molar-refractivity contribution in [2.45, 2.75) is 0 Å². The number of carboxylic acids is 1. The van der Waals surface area contributed by atoms with E-state index in [1.165, 1.54) is 16.8 Å². The molecule has 0 radical (unpaired) electrons. The lowest BCUT2D eigenvalue weighted by Crippen LogP contribution is -2.15. The van der Waals surface area contributed by atoms with E-state index < -0.39 is 23.5 Å². The molecule has 2 N–H and O–H groups in total. The van der Waals surface area contributed by atoms with E-state index in [0.717, 1.165) is 30.3 Å². The Morgan fingerprint density at radius 3 is 2.70 bits per heavy atom. The minimum absolute atomic E-state index is 0.0557. The average Bonchev–Trinajstić information content (AvgIpc) is 2.92. The maximum atomic E-state index is 13.7. The van der Waals surface area contributed by atoms with Gasteiger partial charge in [0.05, 0.1) is 17.4 Å². The number of amides is 1. The number of aromatic nitrogens is 2. The fourth-order valence-corrected chi connectivity index (χ4v) is 2.06. The number of rotatable bonds is 3. The molecular weight excluding hydrogens is 308 g/mol. The maximum absolute atomic E-state index is 13.7. The molecule has 0 bridgehead atoms. The summed E-state index contributed by atoms with van der Waals surface area (Å²) in [4.78, 5) is 27.0. The molecule has 0 saturated heterocycles. The zero-order chi connectivity index (χ0) is 16.6. The van der Waals surface area contributed by atoms with E-state index in [-0.39, 0.29) is 22.6 Å². The van der Waals surface area contributed by atoms with Crippen LogP contribution in [0.2, 0.25) is 0 Å². The predicted octanol–water partition coefficient (Wildman–Crippen LogP) is 2.56. The molecule has 0 aliphatic carbocycles. The van der Waals surface area contributed by atoms with Crippen LogP contribution in [0.4, 0.5) is 14.5 Å². The van der Waals surface area contributed by atoms with Crippen molar-refractivity contribution in [3.05, 3.63) is 65.6 Å². The molecule has 8 heteroatoms. The Balaban J connectivity index is 1.95. The summed E-state index contributed by atoms with van der Waals surface area (Å²) in [6.45, 7) is 0. The second-order valence-electron chi connectivity index (χ2n) is 4.67. The third-order valence-corrected chi connectivity index (χ3v) is 3.17. The minimum Gasteiger partial charge on any atom is -0.478 e. The van der Waals surface area contributed by atoms with E-state index in [9.17, 15) is 18.4 Å². The number of carbonyl (C=O) groups excluding carboxylic acids is 1. The SMILES string of the molecule is O=C(O)c1ccc(F)c(NC(=O)c2cnc3cc(F)ccn23)c1.